The number of allylic oxidation sites excluding steroid dienone is 1. The van der Waals surface area contributed by atoms with Crippen molar-refractivity contribution in [2.45, 2.75) is 39.3 Å². The Morgan fingerprint density at radius 2 is 1.71 bits per heavy atom. The number of anilines is 2. The van der Waals surface area contributed by atoms with Gasteiger partial charge in [0.25, 0.3) is 0 Å². The van der Waals surface area contributed by atoms with Crippen LogP contribution in [0.1, 0.15) is 43.9 Å². The van der Waals surface area contributed by atoms with E-state index in [-0.39, 0.29) is 23.7 Å². The lowest BCUT2D eigenvalue weighted by atomic mass is 9.73. The average Bonchev–Trinajstić information content (AvgIpc) is 3.09. The van der Waals surface area contributed by atoms with E-state index in [1.165, 1.54) is 0 Å². The van der Waals surface area contributed by atoms with Crippen molar-refractivity contribution in [3.63, 3.8) is 0 Å². The van der Waals surface area contributed by atoms with Crippen LogP contribution >= 0.6 is 0 Å². The summed E-state index contributed by atoms with van der Waals surface area (Å²) in [7, 11) is 4.83. The zero-order valence-corrected chi connectivity index (χ0v) is 24.2. The molecule has 3 aromatic carbocycles. The molecular formula is C33H37N3O5. The highest BCUT2D eigenvalue weighted by molar-refractivity contribution is 6.02. The number of rotatable bonds is 8. The van der Waals surface area contributed by atoms with Crippen LogP contribution in [0.15, 0.2) is 78.0 Å². The largest absolute Gasteiger partial charge is 0.497 e. The fraction of sp³-hybridized carbons (Fsp3) is 0.333. The Bertz CT molecular complexity index is 1500. The number of ether oxygens (including phenoxy) is 3. The second kappa shape index (κ2) is 11.6. The lowest BCUT2D eigenvalue weighted by Gasteiger charge is -2.38. The maximum atomic E-state index is 14.0. The van der Waals surface area contributed by atoms with Crippen LogP contribution in [0.3, 0.4) is 0 Å². The molecule has 0 spiro atoms. The van der Waals surface area contributed by atoms with Gasteiger partial charge >= 0.3 is 0 Å². The van der Waals surface area contributed by atoms with Gasteiger partial charge in [0.2, 0.25) is 5.91 Å². The van der Waals surface area contributed by atoms with Gasteiger partial charge in [-0.3, -0.25) is 9.59 Å². The van der Waals surface area contributed by atoms with Crippen molar-refractivity contribution >= 4 is 23.1 Å². The Balaban J connectivity index is 1.60. The summed E-state index contributed by atoms with van der Waals surface area (Å²) < 4.78 is 16.6. The van der Waals surface area contributed by atoms with Gasteiger partial charge in [-0.25, -0.2) is 0 Å². The highest BCUT2D eigenvalue weighted by atomic mass is 16.5. The van der Waals surface area contributed by atoms with Crippen molar-refractivity contribution in [2.75, 3.05) is 38.1 Å². The first-order valence-electron chi connectivity index (χ1n) is 13.7. The summed E-state index contributed by atoms with van der Waals surface area (Å²) in [5.74, 6) is 1.84. The molecule has 0 radical (unpaired) electrons. The minimum atomic E-state index is -0.562. The van der Waals surface area contributed by atoms with Crippen molar-refractivity contribution in [3.05, 3.63) is 89.1 Å². The average molecular weight is 556 g/mol. The summed E-state index contributed by atoms with van der Waals surface area (Å²) >= 11 is 0. The molecule has 0 saturated carbocycles. The Kier molecular flexibility index (Phi) is 7.92. The topological polar surface area (TPSA) is 89.1 Å². The molecule has 1 amide bonds. The van der Waals surface area contributed by atoms with Crippen molar-refractivity contribution < 1.29 is 23.8 Å². The first-order chi connectivity index (χ1) is 19.7. The third-order valence-electron chi connectivity index (χ3n) is 7.68. The van der Waals surface area contributed by atoms with Crippen LogP contribution in [0.4, 0.5) is 11.4 Å². The number of hydrogen-bond donors (Lipinski definition) is 2. The van der Waals surface area contributed by atoms with E-state index < -0.39 is 6.04 Å². The fourth-order valence-electron chi connectivity index (χ4n) is 5.79. The number of fused-ring (bicyclic) bond motifs is 1. The highest BCUT2D eigenvalue weighted by Gasteiger charge is 2.42. The number of hydrogen-bond acceptors (Lipinski definition) is 7. The Labute approximate surface area is 241 Å². The number of carbonyl (C=O) groups excluding carboxylic acids is 2. The summed E-state index contributed by atoms with van der Waals surface area (Å²) in [6.07, 6.45) is 1.11. The van der Waals surface area contributed by atoms with Crippen LogP contribution in [0, 0.1) is 5.41 Å². The fourth-order valence-corrected chi connectivity index (χ4v) is 5.79. The molecule has 1 heterocycles. The highest BCUT2D eigenvalue weighted by Crippen LogP contribution is 2.49. The molecule has 0 fully saturated rings. The van der Waals surface area contributed by atoms with E-state index in [0.717, 1.165) is 33.9 Å². The smallest absolute Gasteiger partial charge is 0.239 e. The number of benzene rings is 3. The van der Waals surface area contributed by atoms with Crippen molar-refractivity contribution in [1.29, 1.82) is 0 Å². The molecule has 1 unspecified atom stereocenters. The number of carbonyl (C=O) groups is 2. The monoisotopic (exact) mass is 555 g/mol. The van der Waals surface area contributed by atoms with Crippen LogP contribution in [0.25, 0.3) is 0 Å². The summed E-state index contributed by atoms with van der Waals surface area (Å²) in [4.78, 5) is 29.5. The molecule has 1 aliphatic carbocycles. The Morgan fingerprint density at radius 1 is 0.951 bits per heavy atom. The van der Waals surface area contributed by atoms with Crippen LogP contribution in [0.5, 0.6) is 17.2 Å². The predicted octanol–water partition coefficient (Wildman–Crippen LogP) is 5.65. The van der Waals surface area contributed by atoms with Gasteiger partial charge in [0.1, 0.15) is 17.2 Å². The van der Waals surface area contributed by atoms with Gasteiger partial charge < -0.3 is 29.7 Å². The molecule has 3 aromatic rings. The molecule has 2 aliphatic rings. The third kappa shape index (κ3) is 5.87. The summed E-state index contributed by atoms with van der Waals surface area (Å²) in [5.41, 5.74) is 4.72. The second-order valence-corrected chi connectivity index (χ2v) is 11.2. The molecule has 0 aromatic heterocycles. The van der Waals surface area contributed by atoms with E-state index >= 15 is 0 Å². The van der Waals surface area contributed by atoms with E-state index in [2.05, 4.69) is 24.5 Å². The summed E-state index contributed by atoms with van der Waals surface area (Å²) in [6, 6.07) is 20.5. The van der Waals surface area contributed by atoms with Crippen molar-refractivity contribution in [2.24, 2.45) is 5.41 Å². The molecule has 8 heteroatoms. The van der Waals surface area contributed by atoms with Gasteiger partial charge in [-0.05, 0) is 53.8 Å². The number of amides is 1. The number of ketones is 1. The first-order valence-corrected chi connectivity index (χ1v) is 13.7. The maximum Gasteiger partial charge on any atom is 0.239 e. The lowest BCUT2D eigenvalue weighted by Crippen LogP contribution is -2.42. The quantitative estimate of drug-likeness (QED) is 0.372. The van der Waals surface area contributed by atoms with Crippen LogP contribution in [-0.4, -0.2) is 39.6 Å². The van der Waals surface area contributed by atoms with E-state index in [1.54, 1.807) is 21.3 Å². The molecule has 0 bridgehead atoms. The van der Waals surface area contributed by atoms with Crippen molar-refractivity contribution in [1.82, 2.24) is 5.32 Å². The third-order valence-corrected chi connectivity index (χ3v) is 7.68. The van der Waals surface area contributed by atoms with Crippen LogP contribution < -0.4 is 29.7 Å². The number of Topliss-reactive ketones (excluding diaryl/α,β-unsaturated/α-hetero) is 1. The van der Waals surface area contributed by atoms with Gasteiger partial charge in [0, 0.05) is 35.9 Å². The standard InChI is InChI=1S/C33H37N3O5/c1-33(2)17-26-31(28(37)18-33)32(24-14-13-23(40-4)16-29(24)41-5)36(27-12-7-6-11-25(27)35-26)20-30(38)34-19-21-9-8-10-22(15-21)39-3/h6-16,32,35H,17-20H2,1-5H3,(H,34,38). The molecule has 5 rings (SSSR count). The van der Waals surface area contributed by atoms with E-state index in [0.29, 0.717) is 36.5 Å². The molecule has 8 nitrogen and oxygen atoms in total. The molecule has 41 heavy (non-hydrogen) atoms. The summed E-state index contributed by atoms with van der Waals surface area (Å²) in [5, 5.41) is 6.64. The number of methoxy groups -OCH3 is 3. The molecule has 1 aliphatic heterocycles. The van der Waals surface area contributed by atoms with Crippen LogP contribution in [-0.2, 0) is 16.1 Å². The number of para-hydroxylation sites is 2. The van der Waals surface area contributed by atoms with Crippen molar-refractivity contribution in [3.8, 4) is 17.2 Å². The maximum absolute atomic E-state index is 14.0. The van der Waals surface area contributed by atoms with Crippen LogP contribution in [0.2, 0.25) is 0 Å². The van der Waals surface area contributed by atoms with E-state index in [1.807, 2.05) is 71.6 Å². The van der Waals surface area contributed by atoms with Gasteiger partial charge in [0.15, 0.2) is 5.78 Å². The molecule has 1 atom stereocenters. The number of nitrogens with zero attached hydrogens (tertiary/aromatic N) is 1. The predicted molar refractivity (Wildman–Crippen MR) is 160 cm³/mol. The minimum Gasteiger partial charge on any atom is -0.497 e. The molecule has 2 N–H and O–H groups in total. The molecular weight excluding hydrogens is 518 g/mol. The van der Waals surface area contributed by atoms with E-state index in [9.17, 15) is 9.59 Å². The van der Waals surface area contributed by atoms with Gasteiger partial charge in [0.05, 0.1) is 45.3 Å². The minimum absolute atomic E-state index is 0.0238. The zero-order chi connectivity index (χ0) is 29.1. The number of nitrogens with one attached hydrogen (secondary N) is 2. The molecule has 214 valence electrons. The lowest BCUT2D eigenvalue weighted by molar-refractivity contribution is -0.121. The summed E-state index contributed by atoms with van der Waals surface area (Å²) in [6.45, 7) is 4.59. The Morgan fingerprint density at radius 3 is 2.46 bits per heavy atom. The second-order valence-electron chi connectivity index (χ2n) is 11.2. The van der Waals surface area contributed by atoms with E-state index in [4.69, 9.17) is 14.2 Å². The van der Waals surface area contributed by atoms with Gasteiger partial charge in [-0.15, -0.1) is 0 Å². The van der Waals surface area contributed by atoms with Gasteiger partial charge in [-0.2, -0.15) is 0 Å². The van der Waals surface area contributed by atoms with Gasteiger partial charge in [-0.1, -0.05) is 38.1 Å². The SMILES string of the molecule is COc1cccc(CNC(=O)CN2c3ccccc3NC3=C(C(=O)CC(C)(C)C3)C2c2ccc(OC)cc2OC)c1. The normalized spacial score (nSPS) is 17.5. The Hall–Kier alpha value is -4.46. The first kappa shape index (κ1) is 28.1. The molecule has 0 saturated heterocycles. The zero-order valence-electron chi connectivity index (χ0n) is 24.2.